The van der Waals surface area contributed by atoms with Crippen molar-refractivity contribution in [1.82, 2.24) is 10.6 Å². The summed E-state index contributed by atoms with van der Waals surface area (Å²) in [6.07, 6.45) is 1.73. The minimum Gasteiger partial charge on any atom is -0.366 e. The molecule has 0 aliphatic carbocycles. The Kier molecular flexibility index (Phi) is 6.95. The van der Waals surface area contributed by atoms with Crippen LogP contribution in [-0.2, 0) is 9.53 Å². The highest BCUT2D eigenvalue weighted by molar-refractivity contribution is 5.85. The van der Waals surface area contributed by atoms with Crippen LogP contribution in [0.1, 0.15) is 33.6 Å². The number of rotatable bonds is 4. The first-order valence-corrected chi connectivity index (χ1v) is 5.69. The highest BCUT2D eigenvalue weighted by Crippen LogP contribution is 2.11. The molecule has 1 aliphatic heterocycles. The minimum atomic E-state index is -0.324. The summed E-state index contributed by atoms with van der Waals surface area (Å²) >= 11 is 0. The van der Waals surface area contributed by atoms with Crippen LogP contribution in [-0.4, -0.2) is 37.2 Å². The Morgan fingerprint density at radius 1 is 1.56 bits per heavy atom. The molecule has 0 aromatic rings. The van der Waals surface area contributed by atoms with E-state index in [-0.39, 0.29) is 30.0 Å². The van der Waals surface area contributed by atoms with Crippen molar-refractivity contribution in [2.75, 3.05) is 19.7 Å². The lowest BCUT2D eigenvalue weighted by atomic mass is 9.98. The monoisotopic (exact) mass is 250 g/mol. The summed E-state index contributed by atoms with van der Waals surface area (Å²) in [6, 6.07) is 0. The highest BCUT2D eigenvalue weighted by Gasteiger charge is 2.26. The van der Waals surface area contributed by atoms with Gasteiger partial charge in [0.15, 0.2) is 0 Å². The van der Waals surface area contributed by atoms with Crippen molar-refractivity contribution in [3.63, 3.8) is 0 Å². The molecule has 5 heteroatoms. The van der Waals surface area contributed by atoms with Crippen LogP contribution in [0.4, 0.5) is 0 Å². The number of morpholine rings is 1. The predicted octanol–water partition coefficient (Wildman–Crippen LogP) is 1.09. The maximum absolute atomic E-state index is 11.8. The zero-order valence-electron chi connectivity index (χ0n) is 10.3. The Hall–Kier alpha value is -0.320. The van der Waals surface area contributed by atoms with E-state index in [0.717, 1.165) is 19.4 Å². The molecule has 2 N–H and O–H groups in total. The van der Waals surface area contributed by atoms with E-state index in [9.17, 15) is 4.79 Å². The van der Waals surface area contributed by atoms with E-state index in [1.165, 1.54) is 0 Å². The third-order valence-corrected chi connectivity index (χ3v) is 2.56. The van der Waals surface area contributed by atoms with Crippen molar-refractivity contribution in [1.29, 1.82) is 0 Å². The molecule has 0 radical (unpaired) electrons. The lowest BCUT2D eigenvalue weighted by Gasteiger charge is -2.30. The molecule has 1 aliphatic rings. The van der Waals surface area contributed by atoms with Gasteiger partial charge in [0.1, 0.15) is 6.10 Å². The van der Waals surface area contributed by atoms with E-state index in [0.29, 0.717) is 13.2 Å². The summed E-state index contributed by atoms with van der Waals surface area (Å²) in [4.78, 5) is 11.8. The quantitative estimate of drug-likeness (QED) is 0.786. The summed E-state index contributed by atoms with van der Waals surface area (Å²) in [5.74, 6) is 0.000602. The molecule has 0 aromatic heterocycles. The van der Waals surface area contributed by atoms with Crippen LogP contribution in [0, 0.1) is 0 Å². The molecular formula is C11H23ClN2O2. The van der Waals surface area contributed by atoms with Gasteiger partial charge >= 0.3 is 0 Å². The fraction of sp³-hybridized carbons (Fsp3) is 0.909. The molecule has 0 bridgehead atoms. The largest absolute Gasteiger partial charge is 0.366 e. The van der Waals surface area contributed by atoms with Crippen LogP contribution in [0.2, 0.25) is 0 Å². The zero-order chi connectivity index (χ0) is 11.3. The van der Waals surface area contributed by atoms with Gasteiger partial charge in [-0.2, -0.15) is 0 Å². The van der Waals surface area contributed by atoms with Gasteiger partial charge in [-0.1, -0.05) is 13.3 Å². The van der Waals surface area contributed by atoms with Gasteiger partial charge in [-0.05, 0) is 20.3 Å². The standard InChI is InChI=1S/C11H22N2O2.ClH/c1-4-5-11(2,3)13-10(14)9-8-12-6-7-15-9;/h9,12H,4-8H2,1-3H3,(H,13,14);1H/t9-;/m1./s1. The van der Waals surface area contributed by atoms with E-state index in [1.54, 1.807) is 0 Å². The third-order valence-electron chi connectivity index (χ3n) is 2.56. The van der Waals surface area contributed by atoms with Crippen LogP contribution >= 0.6 is 12.4 Å². The minimum absolute atomic E-state index is 0. The fourth-order valence-electron chi connectivity index (χ4n) is 1.84. The zero-order valence-corrected chi connectivity index (χ0v) is 11.2. The molecule has 1 rings (SSSR count). The summed E-state index contributed by atoms with van der Waals surface area (Å²) in [7, 11) is 0. The number of hydrogen-bond acceptors (Lipinski definition) is 3. The van der Waals surface area contributed by atoms with Crippen molar-refractivity contribution in [3.8, 4) is 0 Å². The molecule has 1 heterocycles. The van der Waals surface area contributed by atoms with Gasteiger partial charge in [0.2, 0.25) is 0 Å². The van der Waals surface area contributed by atoms with E-state index < -0.39 is 0 Å². The van der Waals surface area contributed by atoms with Crippen LogP contribution in [0.5, 0.6) is 0 Å². The summed E-state index contributed by atoms with van der Waals surface area (Å²) in [5, 5.41) is 6.17. The van der Waals surface area contributed by atoms with Crippen LogP contribution in [0.3, 0.4) is 0 Å². The Bertz CT molecular complexity index is 216. The molecular weight excluding hydrogens is 228 g/mol. The fourth-order valence-corrected chi connectivity index (χ4v) is 1.84. The number of hydrogen-bond donors (Lipinski definition) is 2. The number of carbonyl (C=O) groups excluding carboxylic acids is 1. The second-order valence-corrected chi connectivity index (χ2v) is 4.69. The SMILES string of the molecule is CCCC(C)(C)NC(=O)[C@H]1CNCCO1.Cl. The van der Waals surface area contributed by atoms with Gasteiger partial charge < -0.3 is 15.4 Å². The first kappa shape index (κ1) is 15.7. The predicted molar refractivity (Wildman–Crippen MR) is 67.0 cm³/mol. The molecule has 1 saturated heterocycles. The second-order valence-electron chi connectivity index (χ2n) is 4.69. The van der Waals surface area contributed by atoms with E-state index in [2.05, 4.69) is 17.6 Å². The van der Waals surface area contributed by atoms with Gasteiger partial charge in [0.25, 0.3) is 5.91 Å². The lowest BCUT2D eigenvalue weighted by molar-refractivity contribution is -0.136. The third kappa shape index (κ3) is 5.14. The summed E-state index contributed by atoms with van der Waals surface area (Å²) < 4.78 is 5.39. The molecule has 96 valence electrons. The molecule has 1 fully saturated rings. The average molecular weight is 251 g/mol. The molecule has 0 aromatic carbocycles. The van der Waals surface area contributed by atoms with Gasteiger partial charge in [0.05, 0.1) is 6.61 Å². The first-order valence-electron chi connectivity index (χ1n) is 5.69. The van der Waals surface area contributed by atoms with Gasteiger partial charge in [0, 0.05) is 18.6 Å². The topological polar surface area (TPSA) is 50.4 Å². The molecule has 4 nitrogen and oxygen atoms in total. The maximum Gasteiger partial charge on any atom is 0.250 e. The molecule has 1 amide bonds. The summed E-state index contributed by atoms with van der Waals surface area (Å²) in [5.41, 5.74) is -0.132. The Morgan fingerprint density at radius 3 is 2.75 bits per heavy atom. The number of halogens is 1. The normalized spacial score (nSPS) is 21.1. The van der Waals surface area contributed by atoms with Crippen molar-refractivity contribution in [2.45, 2.75) is 45.3 Å². The van der Waals surface area contributed by atoms with Crippen molar-refractivity contribution < 1.29 is 9.53 Å². The number of ether oxygens (including phenoxy) is 1. The van der Waals surface area contributed by atoms with Gasteiger partial charge in [-0.3, -0.25) is 4.79 Å². The highest BCUT2D eigenvalue weighted by atomic mass is 35.5. The lowest BCUT2D eigenvalue weighted by Crippen LogP contribution is -2.53. The first-order chi connectivity index (χ1) is 7.05. The Morgan fingerprint density at radius 2 is 2.25 bits per heavy atom. The van der Waals surface area contributed by atoms with E-state index >= 15 is 0 Å². The molecule has 16 heavy (non-hydrogen) atoms. The average Bonchev–Trinajstić information content (AvgIpc) is 2.18. The second kappa shape index (κ2) is 7.09. The van der Waals surface area contributed by atoms with Crippen molar-refractivity contribution in [2.24, 2.45) is 0 Å². The van der Waals surface area contributed by atoms with E-state index in [4.69, 9.17) is 4.74 Å². The Labute approximate surface area is 104 Å². The van der Waals surface area contributed by atoms with Gasteiger partial charge in [-0.25, -0.2) is 0 Å². The maximum atomic E-state index is 11.8. The number of carbonyl (C=O) groups is 1. The van der Waals surface area contributed by atoms with E-state index in [1.807, 2.05) is 13.8 Å². The number of amides is 1. The van der Waals surface area contributed by atoms with Crippen molar-refractivity contribution >= 4 is 18.3 Å². The summed E-state index contributed by atoms with van der Waals surface area (Å²) in [6.45, 7) is 8.28. The van der Waals surface area contributed by atoms with Crippen LogP contribution in [0.25, 0.3) is 0 Å². The van der Waals surface area contributed by atoms with Crippen LogP contribution < -0.4 is 10.6 Å². The smallest absolute Gasteiger partial charge is 0.250 e. The van der Waals surface area contributed by atoms with Gasteiger partial charge in [-0.15, -0.1) is 12.4 Å². The number of nitrogens with one attached hydrogen (secondary N) is 2. The molecule has 1 atom stereocenters. The van der Waals surface area contributed by atoms with Crippen LogP contribution in [0.15, 0.2) is 0 Å². The Balaban J connectivity index is 0.00000225. The molecule has 0 unspecified atom stereocenters. The van der Waals surface area contributed by atoms with Crippen molar-refractivity contribution in [3.05, 3.63) is 0 Å². The molecule has 0 spiro atoms. The molecule has 0 saturated carbocycles.